The summed E-state index contributed by atoms with van der Waals surface area (Å²) in [4.78, 5) is 3.54. The Kier molecular flexibility index (Phi) is 4.98. The van der Waals surface area contributed by atoms with E-state index in [1.807, 2.05) is 0 Å². The van der Waals surface area contributed by atoms with E-state index < -0.39 is 0 Å². The Morgan fingerprint density at radius 2 is 1.19 bits per heavy atom. The molecule has 138 valence electrons. The van der Waals surface area contributed by atoms with Crippen molar-refractivity contribution in [2.24, 2.45) is 10.8 Å². The molecule has 2 aromatic carbocycles. The monoisotopic (exact) mass is 414 g/mol. The van der Waals surface area contributed by atoms with Crippen molar-refractivity contribution in [2.45, 2.75) is 33.4 Å². The topological polar surface area (TPSA) is 8.88 Å². The maximum Gasteiger partial charge on any atom is 0.103 e. The van der Waals surface area contributed by atoms with Crippen LogP contribution in [0.1, 0.15) is 31.4 Å². The summed E-state index contributed by atoms with van der Waals surface area (Å²) in [6.45, 7) is 12.6. The normalized spacial score (nSPS) is 33.8. The number of benzene rings is 2. The van der Waals surface area contributed by atoms with Crippen LogP contribution in [0.15, 0.2) is 59.1 Å². The van der Waals surface area contributed by atoms with Gasteiger partial charge in [-0.25, -0.2) is 0 Å². The van der Waals surface area contributed by atoms with E-state index >= 15 is 0 Å². The molecule has 2 bridgehead atoms. The first-order chi connectivity index (χ1) is 12.4. The number of piperidine rings is 2. The SMILES string of the molecule is C[C@]12C[NH+](Cc3ccccc3)C[C@](C)(C[NH+](Cc3ccc(Br)cc3)C1)C2. The summed E-state index contributed by atoms with van der Waals surface area (Å²) in [5.41, 5.74) is 3.86. The third kappa shape index (κ3) is 4.21. The molecule has 2 aromatic rings. The van der Waals surface area contributed by atoms with Gasteiger partial charge in [-0.05, 0) is 32.4 Å². The highest BCUT2D eigenvalue weighted by Gasteiger charge is 2.53. The third-order valence-corrected chi connectivity index (χ3v) is 6.75. The van der Waals surface area contributed by atoms with Gasteiger partial charge in [0.05, 0.1) is 37.0 Å². The lowest BCUT2D eigenvalue weighted by atomic mass is 9.65. The molecule has 2 heterocycles. The standard InChI is InChI=1S/C23H29BrN2/c1-22-14-23(2,16-25(15-22)12-19-6-4-3-5-7-19)18-26(17-22)13-20-8-10-21(24)11-9-20/h3-11H,12-18H2,1-2H3/p+2/t22-,23+. The second kappa shape index (κ2) is 7.10. The van der Waals surface area contributed by atoms with Crippen molar-refractivity contribution in [3.05, 3.63) is 70.2 Å². The molecule has 2 saturated heterocycles. The Morgan fingerprint density at radius 3 is 1.69 bits per heavy atom. The number of fused-ring (bicyclic) bond motifs is 2. The number of rotatable bonds is 4. The van der Waals surface area contributed by atoms with Gasteiger partial charge in [-0.3, -0.25) is 0 Å². The van der Waals surface area contributed by atoms with Gasteiger partial charge in [-0.2, -0.15) is 0 Å². The van der Waals surface area contributed by atoms with E-state index in [-0.39, 0.29) is 0 Å². The summed E-state index contributed by atoms with van der Waals surface area (Å²) in [6.07, 6.45) is 1.39. The number of nitrogens with one attached hydrogen (secondary N) is 2. The Bertz CT molecular complexity index is 725. The largest absolute Gasteiger partial charge is 0.330 e. The van der Waals surface area contributed by atoms with Crippen LogP contribution in [0.3, 0.4) is 0 Å². The van der Waals surface area contributed by atoms with Crippen molar-refractivity contribution in [3.63, 3.8) is 0 Å². The Hall–Kier alpha value is -1.16. The Morgan fingerprint density at radius 1 is 0.731 bits per heavy atom. The van der Waals surface area contributed by atoms with Crippen LogP contribution in [-0.2, 0) is 13.1 Å². The number of likely N-dealkylation sites (tertiary alicyclic amines) is 2. The third-order valence-electron chi connectivity index (χ3n) is 6.22. The van der Waals surface area contributed by atoms with Crippen LogP contribution in [0.5, 0.6) is 0 Å². The minimum Gasteiger partial charge on any atom is -0.330 e. The van der Waals surface area contributed by atoms with Crippen LogP contribution in [0, 0.1) is 10.8 Å². The first-order valence-electron chi connectivity index (χ1n) is 9.87. The number of quaternary nitrogens is 2. The van der Waals surface area contributed by atoms with Crippen LogP contribution < -0.4 is 9.80 Å². The molecule has 2 fully saturated rings. The van der Waals surface area contributed by atoms with Crippen molar-refractivity contribution in [2.75, 3.05) is 26.2 Å². The highest BCUT2D eigenvalue weighted by Crippen LogP contribution is 2.36. The van der Waals surface area contributed by atoms with E-state index in [1.54, 1.807) is 9.80 Å². The molecule has 2 N–H and O–H groups in total. The van der Waals surface area contributed by atoms with Gasteiger partial charge in [0, 0.05) is 15.6 Å². The molecule has 0 saturated carbocycles. The summed E-state index contributed by atoms with van der Waals surface area (Å²) in [6, 6.07) is 19.9. The van der Waals surface area contributed by atoms with Crippen molar-refractivity contribution in [3.8, 4) is 0 Å². The maximum atomic E-state index is 3.55. The van der Waals surface area contributed by atoms with Gasteiger partial charge in [0.2, 0.25) is 0 Å². The van der Waals surface area contributed by atoms with Gasteiger partial charge in [-0.1, -0.05) is 58.4 Å². The lowest BCUT2D eigenvalue weighted by Gasteiger charge is -2.52. The second-order valence-corrected chi connectivity index (χ2v) is 10.4. The predicted octanol–water partition coefficient (Wildman–Crippen LogP) is 2.35. The van der Waals surface area contributed by atoms with E-state index in [4.69, 9.17) is 0 Å². The minimum atomic E-state index is 0.458. The molecule has 2 aliphatic heterocycles. The van der Waals surface area contributed by atoms with E-state index in [2.05, 4.69) is 84.4 Å². The first kappa shape index (κ1) is 18.2. The van der Waals surface area contributed by atoms with Gasteiger partial charge in [0.25, 0.3) is 0 Å². The van der Waals surface area contributed by atoms with E-state index in [0.717, 1.165) is 6.54 Å². The van der Waals surface area contributed by atoms with Gasteiger partial charge >= 0.3 is 0 Å². The molecule has 0 spiro atoms. The lowest BCUT2D eigenvalue weighted by Crippen LogP contribution is -3.22. The average Bonchev–Trinajstić information content (AvgIpc) is 2.55. The zero-order valence-electron chi connectivity index (χ0n) is 16.0. The van der Waals surface area contributed by atoms with Crippen LogP contribution >= 0.6 is 15.9 Å². The summed E-state index contributed by atoms with van der Waals surface area (Å²) < 4.78 is 1.17. The lowest BCUT2D eigenvalue weighted by molar-refractivity contribution is -0.985. The summed E-state index contributed by atoms with van der Waals surface area (Å²) in [5, 5.41) is 0. The van der Waals surface area contributed by atoms with Gasteiger partial charge in [0.15, 0.2) is 0 Å². The summed E-state index contributed by atoms with van der Waals surface area (Å²) in [7, 11) is 0. The van der Waals surface area contributed by atoms with Crippen LogP contribution in [0.2, 0.25) is 0 Å². The maximum absolute atomic E-state index is 3.55. The van der Waals surface area contributed by atoms with Crippen LogP contribution in [-0.4, -0.2) is 26.2 Å². The highest BCUT2D eigenvalue weighted by molar-refractivity contribution is 9.10. The smallest absolute Gasteiger partial charge is 0.103 e. The Balaban J connectivity index is 1.46. The molecular formula is C23H31BrN2+2. The van der Waals surface area contributed by atoms with Gasteiger partial charge in [-0.15, -0.1) is 0 Å². The van der Waals surface area contributed by atoms with Crippen molar-refractivity contribution >= 4 is 15.9 Å². The zero-order valence-corrected chi connectivity index (χ0v) is 17.6. The molecular weight excluding hydrogens is 384 g/mol. The molecule has 0 aromatic heterocycles. The molecule has 2 unspecified atom stereocenters. The number of hydrogen-bond donors (Lipinski definition) is 2. The first-order valence-corrected chi connectivity index (χ1v) is 10.7. The molecule has 2 aliphatic rings. The van der Waals surface area contributed by atoms with Gasteiger partial charge < -0.3 is 9.80 Å². The summed E-state index contributed by atoms with van der Waals surface area (Å²) in [5.74, 6) is 0. The van der Waals surface area contributed by atoms with Crippen LogP contribution in [0.4, 0.5) is 0 Å². The van der Waals surface area contributed by atoms with Gasteiger partial charge in [0.1, 0.15) is 13.1 Å². The highest BCUT2D eigenvalue weighted by atomic mass is 79.9. The van der Waals surface area contributed by atoms with Crippen LogP contribution in [0.25, 0.3) is 0 Å². The fourth-order valence-electron chi connectivity index (χ4n) is 5.97. The van der Waals surface area contributed by atoms with Crippen molar-refractivity contribution in [1.82, 2.24) is 0 Å². The molecule has 26 heavy (non-hydrogen) atoms. The molecule has 4 atom stereocenters. The quantitative estimate of drug-likeness (QED) is 0.759. The van der Waals surface area contributed by atoms with E-state index in [1.165, 1.54) is 54.7 Å². The number of hydrogen-bond acceptors (Lipinski definition) is 0. The predicted molar refractivity (Wildman–Crippen MR) is 110 cm³/mol. The van der Waals surface area contributed by atoms with Crippen molar-refractivity contribution in [1.29, 1.82) is 0 Å². The second-order valence-electron chi connectivity index (χ2n) is 9.47. The molecule has 3 heteroatoms. The molecule has 4 rings (SSSR count). The Labute approximate surface area is 166 Å². The average molecular weight is 415 g/mol. The van der Waals surface area contributed by atoms with E-state index in [9.17, 15) is 0 Å². The zero-order chi connectivity index (χ0) is 18.2. The molecule has 0 radical (unpaired) electrons. The van der Waals surface area contributed by atoms with E-state index in [0.29, 0.717) is 10.8 Å². The molecule has 2 nitrogen and oxygen atoms in total. The minimum absolute atomic E-state index is 0.458. The fourth-order valence-corrected chi connectivity index (χ4v) is 6.23. The number of halogens is 1. The van der Waals surface area contributed by atoms with Crippen molar-refractivity contribution < 1.29 is 9.80 Å². The molecule has 0 amide bonds. The molecule has 0 aliphatic carbocycles. The fraction of sp³-hybridized carbons (Fsp3) is 0.478. The summed E-state index contributed by atoms with van der Waals surface area (Å²) >= 11 is 3.55.